The second-order valence-electron chi connectivity index (χ2n) is 17.9. The predicted octanol–water partition coefficient (Wildman–Crippen LogP) is 18.1. The lowest BCUT2D eigenvalue weighted by Gasteiger charge is -2.18. The third-order valence-electron chi connectivity index (χ3n) is 11.5. The normalized spacial score (nSPS) is 12.8. The number of ether oxygens (including phenoxy) is 3. The van der Waals surface area contributed by atoms with E-state index in [9.17, 15) is 14.4 Å². The van der Waals surface area contributed by atoms with Crippen LogP contribution in [0.25, 0.3) is 0 Å². The molecule has 0 N–H and O–H groups in total. The molecule has 0 amide bonds. The van der Waals surface area contributed by atoms with Gasteiger partial charge in [-0.1, -0.05) is 266 Å². The van der Waals surface area contributed by atoms with Crippen molar-refractivity contribution < 1.29 is 28.6 Å². The summed E-state index contributed by atoms with van der Waals surface area (Å²) < 4.78 is 16.7. The van der Waals surface area contributed by atoms with E-state index in [1.165, 1.54) is 122 Å². The van der Waals surface area contributed by atoms with Gasteiger partial charge in [0.2, 0.25) is 0 Å². The van der Waals surface area contributed by atoms with Gasteiger partial charge in [-0.3, -0.25) is 14.4 Å². The molecule has 0 aromatic rings. The summed E-state index contributed by atoms with van der Waals surface area (Å²) in [5.74, 6) is -1.00. The second kappa shape index (κ2) is 53.9. The van der Waals surface area contributed by atoms with E-state index in [1.54, 1.807) is 0 Å². The fraction of sp³-hybridized carbons (Fsp3) is 0.683. The lowest BCUT2D eigenvalue weighted by atomic mass is 10.0. The van der Waals surface area contributed by atoms with E-state index >= 15 is 0 Å². The summed E-state index contributed by atoms with van der Waals surface area (Å²) in [5.41, 5.74) is 0. The molecule has 0 fully saturated rings. The first-order chi connectivity index (χ1) is 32.5. The Morgan fingerprint density at radius 3 is 0.985 bits per heavy atom. The monoisotopic (exact) mass is 917 g/mol. The van der Waals surface area contributed by atoms with Crippen LogP contribution in [0.3, 0.4) is 0 Å². The molecule has 6 heteroatoms. The van der Waals surface area contributed by atoms with Crippen molar-refractivity contribution in [2.75, 3.05) is 13.2 Å². The fourth-order valence-corrected chi connectivity index (χ4v) is 7.42. The Morgan fingerprint density at radius 1 is 0.318 bits per heavy atom. The van der Waals surface area contributed by atoms with Crippen molar-refractivity contribution in [3.8, 4) is 0 Å². The molecule has 0 saturated heterocycles. The van der Waals surface area contributed by atoms with Gasteiger partial charge in [0.15, 0.2) is 6.10 Å². The maximum Gasteiger partial charge on any atom is 0.306 e. The van der Waals surface area contributed by atoms with Crippen LogP contribution in [0.15, 0.2) is 97.2 Å². The summed E-state index contributed by atoms with van der Waals surface area (Å²) in [4.78, 5) is 38.0. The van der Waals surface area contributed by atoms with Gasteiger partial charge in [-0.2, -0.15) is 0 Å². The second-order valence-corrected chi connectivity index (χ2v) is 17.9. The molecule has 0 bridgehead atoms. The molecule has 6 nitrogen and oxygen atoms in total. The Bertz CT molecular complexity index is 1330. The molecule has 0 saturated carbocycles. The third kappa shape index (κ3) is 51.3. The van der Waals surface area contributed by atoms with Crippen LogP contribution >= 0.6 is 0 Å². The van der Waals surface area contributed by atoms with Crippen LogP contribution in [-0.2, 0) is 28.6 Å². The quantitative estimate of drug-likeness (QED) is 0.0262. The molecule has 0 heterocycles. The van der Waals surface area contributed by atoms with Crippen molar-refractivity contribution >= 4 is 17.9 Å². The highest BCUT2D eigenvalue weighted by atomic mass is 16.6. The standard InChI is InChI=1S/C60H100O6/c1-4-7-10-13-16-19-22-25-27-29-31-32-35-38-41-44-47-50-53-59(62)65-56-57(55-64-58(61)52-49-46-43-40-37-34-24-21-18-15-12-9-6-3)66-60(63)54-51-48-45-42-39-36-33-30-28-26-23-20-17-14-11-8-5-2/h9,12,15,18,21-22,24-25,27,29,31-32,34,37,40,43,57H,4-8,10-11,13-14,16-17,19-20,23,26,28,30,33,35-36,38-39,41-42,44-56H2,1-3H3/b12-9+,18-15+,24-21+,25-22+,29-27+,32-31+,37-34+,43-40+. The number of unbranched alkanes of at least 4 members (excludes halogenated alkanes) is 27. The Kier molecular flexibility index (Phi) is 50.9. The smallest absolute Gasteiger partial charge is 0.306 e. The highest BCUT2D eigenvalue weighted by molar-refractivity contribution is 5.71. The van der Waals surface area contributed by atoms with Gasteiger partial charge in [0.25, 0.3) is 0 Å². The van der Waals surface area contributed by atoms with Gasteiger partial charge in [0, 0.05) is 19.3 Å². The van der Waals surface area contributed by atoms with Crippen molar-refractivity contribution in [1.82, 2.24) is 0 Å². The van der Waals surface area contributed by atoms with E-state index < -0.39 is 6.10 Å². The number of allylic oxidation sites excluding steroid dienone is 16. The zero-order chi connectivity index (χ0) is 47.9. The van der Waals surface area contributed by atoms with Gasteiger partial charge >= 0.3 is 17.9 Å². The number of rotatable bonds is 48. The molecule has 0 aromatic carbocycles. The number of hydrogen-bond acceptors (Lipinski definition) is 6. The first kappa shape index (κ1) is 62.3. The van der Waals surface area contributed by atoms with E-state index in [0.717, 1.165) is 77.0 Å². The number of carbonyl (C=O) groups excluding carboxylic acids is 3. The minimum absolute atomic E-state index is 0.110. The Hall–Kier alpha value is -3.67. The third-order valence-corrected chi connectivity index (χ3v) is 11.5. The Morgan fingerprint density at radius 2 is 0.606 bits per heavy atom. The molecule has 0 radical (unpaired) electrons. The summed E-state index contributed by atoms with van der Waals surface area (Å²) in [7, 11) is 0. The SMILES string of the molecule is CC/C=C/C=C/C=C/C=C/C=C/CCCC(=O)OCC(COC(=O)CCCCCCC/C=C/C=C/C=C/CCCCCCC)OC(=O)CCCCCCCCCCCCCCCCCCC. The topological polar surface area (TPSA) is 78.9 Å². The molecule has 0 spiro atoms. The van der Waals surface area contributed by atoms with E-state index in [0.29, 0.717) is 19.3 Å². The lowest BCUT2D eigenvalue weighted by Crippen LogP contribution is -2.30. The zero-order valence-electron chi connectivity index (χ0n) is 42.9. The van der Waals surface area contributed by atoms with Crippen LogP contribution < -0.4 is 0 Å². The van der Waals surface area contributed by atoms with Crippen LogP contribution in [-0.4, -0.2) is 37.2 Å². The highest BCUT2D eigenvalue weighted by Crippen LogP contribution is 2.15. The van der Waals surface area contributed by atoms with Crippen molar-refractivity contribution in [3.63, 3.8) is 0 Å². The van der Waals surface area contributed by atoms with Crippen molar-refractivity contribution in [2.45, 2.75) is 252 Å². The summed E-state index contributed by atoms with van der Waals surface area (Å²) in [6.07, 6.45) is 71.2. The molecule has 1 atom stereocenters. The first-order valence-corrected chi connectivity index (χ1v) is 27.3. The highest BCUT2D eigenvalue weighted by Gasteiger charge is 2.19. The Balaban J connectivity index is 4.49. The zero-order valence-corrected chi connectivity index (χ0v) is 42.9. The minimum atomic E-state index is -0.814. The van der Waals surface area contributed by atoms with Crippen LogP contribution in [0.2, 0.25) is 0 Å². The maximum absolute atomic E-state index is 12.8. The van der Waals surface area contributed by atoms with Crippen molar-refractivity contribution in [1.29, 1.82) is 0 Å². The van der Waals surface area contributed by atoms with Crippen LogP contribution in [0.4, 0.5) is 0 Å². The van der Waals surface area contributed by atoms with Gasteiger partial charge < -0.3 is 14.2 Å². The molecule has 1 unspecified atom stereocenters. The summed E-state index contributed by atoms with van der Waals surface area (Å²) in [6.45, 7) is 6.41. The van der Waals surface area contributed by atoms with Crippen LogP contribution in [0.1, 0.15) is 245 Å². The Labute approximate surface area is 407 Å². The molecule has 0 aliphatic rings. The lowest BCUT2D eigenvalue weighted by molar-refractivity contribution is -0.167. The van der Waals surface area contributed by atoms with E-state index in [1.807, 2.05) is 54.7 Å². The molecule has 0 aromatic heterocycles. The summed E-state index contributed by atoms with van der Waals surface area (Å²) >= 11 is 0. The average molecular weight is 917 g/mol. The number of carbonyl (C=O) groups is 3. The van der Waals surface area contributed by atoms with Gasteiger partial charge in [-0.05, 0) is 57.8 Å². The molecular formula is C60H100O6. The molecule has 0 aliphatic carbocycles. The van der Waals surface area contributed by atoms with Gasteiger partial charge in [0.05, 0.1) is 0 Å². The van der Waals surface area contributed by atoms with Crippen molar-refractivity contribution in [2.24, 2.45) is 0 Å². The number of esters is 3. The van der Waals surface area contributed by atoms with Gasteiger partial charge in [0.1, 0.15) is 13.2 Å². The minimum Gasteiger partial charge on any atom is -0.462 e. The molecule has 66 heavy (non-hydrogen) atoms. The first-order valence-electron chi connectivity index (χ1n) is 27.3. The number of hydrogen-bond donors (Lipinski definition) is 0. The van der Waals surface area contributed by atoms with Crippen molar-refractivity contribution in [3.05, 3.63) is 97.2 Å². The van der Waals surface area contributed by atoms with E-state index in [2.05, 4.69) is 63.3 Å². The maximum atomic E-state index is 12.8. The predicted molar refractivity (Wildman–Crippen MR) is 284 cm³/mol. The van der Waals surface area contributed by atoms with Gasteiger partial charge in [-0.15, -0.1) is 0 Å². The van der Waals surface area contributed by atoms with Crippen LogP contribution in [0, 0.1) is 0 Å². The average Bonchev–Trinajstić information content (AvgIpc) is 3.31. The summed E-state index contributed by atoms with van der Waals surface area (Å²) in [6, 6.07) is 0. The molecule has 0 rings (SSSR count). The van der Waals surface area contributed by atoms with E-state index in [4.69, 9.17) is 14.2 Å². The molecular weight excluding hydrogens is 817 g/mol. The van der Waals surface area contributed by atoms with E-state index in [-0.39, 0.29) is 37.5 Å². The largest absolute Gasteiger partial charge is 0.462 e. The summed E-state index contributed by atoms with van der Waals surface area (Å²) in [5, 5.41) is 0. The van der Waals surface area contributed by atoms with Crippen LogP contribution in [0.5, 0.6) is 0 Å². The van der Waals surface area contributed by atoms with Gasteiger partial charge in [-0.25, -0.2) is 0 Å². The molecule has 376 valence electrons. The molecule has 0 aliphatic heterocycles. The fourth-order valence-electron chi connectivity index (χ4n) is 7.42.